The van der Waals surface area contributed by atoms with Crippen molar-refractivity contribution in [2.24, 2.45) is 0 Å². The lowest BCUT2D eigenvalue weighted by molar-refractivity contribution is 0.0694. The van der Waals surface area contributed by atoms with Crippen molar-refractivity contribution < 1.29 is 25.2 Å². The molecule has 0 aliphatic rings. The van der Waals surface area contributed by atoms with Gasteiger partial charge in [0.2, 0.25) is 5.95 Å². The molecular formula is C10H15N3O5. The number of aromatic nitrogens is 2. The van der Waals surface area contributed by atoms with Crippen molar-refractivity contribution in [1.29, 1.82) is 0 Å². The number of nitrogens with one attached hydrogen (secondary N) is 1. The standard InChI is InChI=1S/C10H15N3O5/c1-6-7(8(17)18)2-11-9(12-6)13-10(3-14,4-15)5-16/h2,14-16H,3-5H2,1H3,(H,17,18)(H,11,12,13). The minimum atomic E-state index is -1.35. The highest BCUT2D eigenvalue weighted by molar-refractivity contribution is 5.88. The Morgan fingerprint density at radius 1 is 1.33 bits per heavy atom. The molecule has 1 rings (SSSR count). The van der Waals surface area contributed by atoms with Gasteiger partial charge in [0.1, 0.15) is 5.54 Å². The summed E-state index contributed by atoms with van der Waals surface area (Å²) in [6.45, 7) is -0.0793. The first-order valence-electron chi connectivity index (χ1n) is 5.15. The molecule has 0 atom stereocenters. The van der Waals surface area contributed by atoms with Crippen LogP contribution in [0.1, 0.15) is 16.1 Å². The van der Waals surface area contributed by atoms with E-state index in [-0.39, 0.29) is 17.2 Å². The van der Waals surface area contributed by atoms with E-state index in [0.717, 1.165) is 6.20 Å². The average Bonchev–Trinajstić information content (AvgIpc) is 2.36. The van der Waals surface area contributed by atoms with Crippen molar-refractivity contribution in [2.45, 2.75) is 12.5 Å². The first kappa shape index (κ1) is 14.3. The number of aliphatic hydroxyl groups is 3. The lowest BCUT2D eigenvalue weighted by Crippen LogP contribution is -2.49. The summed E-state index contributed by atoms with van der Waals surface area (Å²) in [6, 6.07) is 0. The number of hydrogen-bond acceptors (Lipinski definition) is 7. The Hall–Kier alpha value is -1.77. The van der Waals surface area contributed by atoms with Gasteiger partial charge in [-0.15, -0.1) is 0 Å². The maximum Gasteiger partial charge on any atom is 0.339 e. The Bertz CT molecular complexity index is 425. The van der Waals surface area contributed by atoms with E-state index < -0.39 is 31.3 Å². The van der Waals surface area contributed by atoms with E-state index in [2.05, 4.69) is 15.3 Å². The predicted octanol–water partition coefficient (Wildman–Crippen LogP) is -1.39. The molecule has 0 saturated carbocycles. The molecule has 18 heavy (non-hydrogen) atoms. The van der Waals surface area contributed by atoms with Gasteiger partial charge in [-0.25, -0.2) is 14.8 Å². The summed E-state index contributed by atoms with van der Waals surface area (Å²) in [5, 5.41) is 38.7. The summed E-state index contributed by atoms with van der Waals surface area (Å²) in [7, 11) is 0. The molecule has 0 spiro atoms. The third kappa shape index (κ3) is 2.92. The van der Waals surface area contributed by atoms with E-state index in [1.165, 1.54) is 6.92 Å². The molecule has 100 valence electrons. The fourth-order valence-corrected chi connectivity index (χ4v) is 1.24. The minimum absolute atomic E-state index is 0.0228. The molecule has 1 aromatic heterocycles. The molecule has 0 saturated heterocycles. The first-order valence-corrected chi connectivity index (χ1v) is 5.15. The first-order chi connectivity index (χ1) is 8.48. The zero-order valence-corrected chi connectivity index (χ0v) is 9.79. The molecule has 0 bridgehead atoms. The van der Waals surface area contributed by atoms with Gasteiger partial charge >= 0.3 is 5.97 Å². The molecule has 0 fully saturated rings. The summed E-state index contributed by atoms with van der Waals surface area (Å²) in [5.41, 5.74) is -1.15. The Morgan fingerprint density at radius 2 is 1.89 bits per heavy atom. The monoisotopic (exact) mass is 257 g/mol. The second-order valence-corrected chi connectivity index (χ2v) is 3.88. The van der Waals surface area contributed by atoms with Crippen LogP contribution >= 0.6 is 0 Å². The number of hydrogen-bond donors (Lipinski definition) is 5. The highest BCUT2D eigenvalue weighted by Gasteiger charge is 2.29. The summed E-state index contributed by atoms with van der Waals surface area (Å²) >= 11 is 0. The third-order valence-electron chi connectivity index (χ3n) is 2.49. The summed E-state index contributed by atoms with van der Waals surface area (Å²) < 4.78 is 0. The number of anilines is 1. The van der Waals surface area contributed by atoms with Crippen LogP contribution in [0.2, 0.25) is 0 Å². The number of carboxylic acid groups (broad SMARTS) is 1. The van der Waals surface area contributed by atoms with Gasteiger partial charge in [-0.3, -0.25) is 0 Å². The van der Waals surface area contributed by atoms with Gasteiger partial charge in [0.15, 0.2) is 0 Å². The number of nitrogens with zero attached hydrogens (tertiary/aromatic N) is 2. The van der Waals surface area contributed by atoms with Gasteiger partial charge in [-0.2, -0.15) is 0 Å². The molecule has 0 aromatic carbocycles. The van der Waals surface area contributed by atoms with E-state index >= 15 is 0 Å². The number of rotatable bonds is 6. The molecule has 0 unspecified atom stereocenters. The van der Waals surface area contributed by atoms with Crippen LogP contribution in [-0.4, -0.2) is 61.7 Å². The van der Waals surface area contributed by atoms with Crippen LogP contribution < -0.4 is 5.32 Å². The molecule has 5 N–H and O–H groups in total. The van der Waals surface area contributed by atoms with Crippen molar-refractivity contribution >= 4 is 11.9 Å². The Balaban J connectivity index is 2.98. The zero-order valence-electron chi connectivity index (χ0n) is 9.79. The Morgan fingerprint density at radius 3 is 2.28 bits per heavy atom. The quantitative estimate of drug-likeness (QED) is 0.420. The lowest BCUT2D eigenvalue weighted by Gasteiger charge is -2.28. The lowest BCUT2D eigenvalue weighted by atomic mass is 10.0. The van der Waals surface area contributed by atoms with Gasteiger partial charge in [0.25, 0.3) is 0 Å². The van der Waals surface area contributed by atoms with Crippen molar-refractivity contribution in [2.75, 3.05) is 25.1 Å². The maximum atomic E-state index is 10.8. The number of carboxylic acids is 1. The highest BCUT2D eigenvalue weighted by Crippen LogP contribution is 2.13. The van der Waals surface area contributed by atoms with Crippen LogP contribution in [0.5, 0.6) is 0 Å². The molecule has 1 aromatic rings. The topological polar surface area (TPSA) is 136 Å². The van der Waals surface area contributed by atoms with E-state index in [9.17, 15) is 4.79 Å². The predicted molar refractivity (Wildman–Crippen MR) is 61.3 cm³/mol. The number of carbonyl (C=O) groups is 1. The molecule has 8 nitrogen and oxygen atoms in total. The van der Waals surface area contributed by atoms with E-state index in [4.69, 9.17) is 20.4 Å². The summed E-state index contributed by atoms with van der Waals surface area (Å²) in [4.78, 5) is 18.4. The van der Waals surface area contributed by atoms with Crippen LogP contribution in [0.15, 0.2) is 6.20 Å². The fraction of sp³-hybridized carbons (Fsp3) is 0.500. The van der Waals surface area contributed by atoms with Crippen LogP contribution in [0, 0.1) is 6.92 Å². The zero-order chi connectivity index (χ0) is 13.8. The Kier molecular flexibility index (Phi) is 4.54. The fourth-order valence-electron chi connectivity index (χ4n) is 1.24. The molecule has 0 aliphatic carbocycles. The van der Waals surface area contributed by atoms with Crippen molar-refractivity contribution in [1.82, 2.24) is 9.97 Å². The van der Waals surface area contributed by atoms with E-state index in [1.54, 1.807) is 0 Å². The summed E-state index contributed by atoms with van der Waals surface area (Å²) in [5.74, 6) is -1.12. The number of aryl methyl sites for hydroxylation is 1. The molecule has 0 amide bonds. The minimum Gasteiger partial charge on any atom is -0.478 e. The second-order valence-electron chi connectivity index (χ2n) is 3.88. The van der Waals surface area contributed by atoms with Crippen LogP contribution in [0.25, 0.3) is 0 Å². The van der Waals surface area contributed by atoms with Crippen molar-refractivity contribution in [3.05, 3.63) is 17.5 Å². The normalized spacial score (nSPS) is 11.3. The molecule has 1 heterocycles. The van der Waals surface area contributed by atoms with E-state index in [1.807, 2.05) is 0 Å². The third-order valence-corrected chi connectivity index (χ3v) is 2.49. The maximum absolute atomic E-state index is 10.8. The van der Waals surface area contributed by atoms with Gasteiger partial charge < -0.3 is 25.7 Å². The van der Waals surface area contributed by atoms with E-state index in [0.29, 0.717) is 0 Å². The molecular weight excluding hydrogens is 242 g/mol. The number of aromatic carboxylic acids is 1. The molecule has 0 aliphatic heterocycles. The largest absolute Gasteiger partial charge is 0.478 e. The molecule has 8 heteroatoms. The van der Waals surface area contributed by atoms with Crippen LogP contribution in [0.3, 0.4) is 0 Å². The number of aliphatic hydroxyl groups excluding tert-OH is 3. The highest BCUT2D eigenvalue weighted by atomic mass is 16.4. The molecule has 0 radical (unpaired) electrons. The van der Waals surface area contributed by atoms with Gasteiger partial charge in [-0.05, 0) is 6.92 Å². The van der Waals surface area contributed by atoms with Crippen molar-refractivity contribution in [3.63, 3.8) is 0 Å². The van der Waals surface area contributed by atoms with Crippen LogP contribution in [0.4, 0.5) is 5.95 Å². The summed E-state index contributed by atoms with van der Waals surface area (Å²) in [6.07, 6.45) is 1.11. The smallest absolute Gasteiger partial charge is 0.339 e. The van der Waals surface area contributed by atoms with Crippen LogP contribution in [-0.2, 0) is 0 Å². The SMILES string of the molecule is Cc1nc(NC(CO)(CO)CO)ncc1C(=O)O. The van der Waals surface area contributed by atoms with Gasteiger partial charge in [0, 0.05) is 6.20 Å². The Labute approximate surface area is 103 Å². The van der Waals surface area contributed by atoms with Crippen molar-refractivity contribution in [3.8, 4) is 0 Å². The van der Waals surface area contributed by atoms with Gasteiger partial charge in [0.05, 0.1) is 31.1 Å². The van der Waals surface area contributed by atoms with Gasteiger partial charge in [-0.1, -0.05) is 0 Å². The second kappa shape index (κ2) is 5.71. The average molecular weight is 257 g/mol.